The van der Waals surface area contributed by atoms with E-state index in [0.29, 0.717) is 5.92 Å². The van der Waals surface area contributed by atoms with E-state index in [1.54, 1.807) is 13.1 Å². The van der Waals surface area contributed by atoms with E-state index < -0.39 is 0 Å². The maximum Gasteiger partial charge on any atom is 0.273 e. The number of hydrogen-bond donors (Lipinski definition) is 2. The van der Waals surface area contributed by atoms with Crippen LogP contribution in [0.2, 0.25) is 0 Å². The Balaban J connectivity index is 2.95. The highest BCUT2D eigenvalue weighted by Gasteiger charge is 2.15. The number of nitrogens with one attached hydrogen (secondary N) is 2. The lowest BCUT2D eigenvalue weighted by Gasteiger charge is -2.25. The average Bonchev–Trinajstić information content (AvgIpc) is 2.36. The minimum atomic E-state index is -0.366. The van der Waals surface area contributed by atoms with Crippen molar-refractivity contribution >= 4 is 17.1 Å². The predicted molar refractivity (Wildman–Crippen MR) is 88.1 cm³/mol. The summed E-state index contributed by atoms with van der Waals surface area (Å²) in [5.74, 6) is 0.560. The summed E-state index contributed by atoms with van der Waals surface area (Å²) in [4.78, 5) is 12.8. The SMILES string of the molecule is CNc1cc(NC(CC(C)C)CN(C)C)cc([N+](=O)[O-])c1. The fourth-order valence-corrected chi connectivity index (χ4v) is 2.37. The van der Waals surface area contributed by atoms with Crippen LogP contribution in [0.15, 0.2) is 18.2 Å². The molecule has 1 unspecified atom stereocenters. The maximum atomic E-state index is 11.0. The van der Waals surface area contributed by atoms with Crippen molar-refractivity contribution in [3.05, 3.63) is 28.3 Å². The van der Waals surface area contributed by atoms with Crippen molar-refractivity contribution in [2.24, 2.45) is 5.92 Å². The molecular formula is C15H26N4O2. The van der Waals surface area contributed by atoms with E-state index in [2.05, 4.69) is 29.4 Å². The van der Waals surface area contributed by atoms with Crippen LogP contribution < -0.4 is 10.6 Å². The Bertz CT molecular complexity index is 465. The number of nitro benzene ring substituents is 1. The van der Waals surface area contributed by atoms with Crippen LogP contribution in [0.25, 0.3) is 0 Å². The lowest BCUT2D eigenvalue weighted by atomic mass is 10.0. The van der Waals surface area contributed by atoms with Crippen molar-refractivity contribution < 1.29 is 4.92 Å². The molecule has 0 bridgehead atoms. The van der Waals surface area contributed by atoms with Crippen LogP contribution in [0.4, 0.5) is 17.1 Å². The number of hydrogen-bond acceptors (Lipinski definition) is 5. The number of non-ortho nitro benzene ring substituents is 1. The van der Waals surface area contributed by atoms with E-state index in [9.17, 15) is 10.1 Å². The molecule has 0 aliphatic carbocycles. The zero-order chi connectivity index (χ0) is 16.0. The monoisotopic (exact) mass is 294 g/mol. The van der Waals surface area contributed by atoms with Gasteiger partial charge in [0.25, 0.3) is 5.69 Å². The molecule has 2 N–H and O–H groups in total. The molecule has 1 aromatic carbocycles. The van der Waals surface area contributed by atoms with Gasteiger partial charge < -0.3 is 15.5 Å². The molecule has 0 heterocycles. The Morgan fingerprint density at radius 1 is 1.24 bits per heavy atom. The molecule has 1 atom stereocenters. The second-order valence-corrected chi connectivity index (χ2v) is 6.01. The molecule has 6 heteroatoms. The van der Waals surface area contributed by atoms with Gasteiger partial charge in [0.05, 0.1) is 4.92 Å². The normalized spacial score (nSPS) is 12.5. The van der Waals surface area contributed by atoms with Crippen LogP contribution in [0.3, 0.4) is 0 Å². The lowest BCUT2D eigenvalue weighted by Crippen LogP contribution is -2.33. The molecule has 6 nitrogen and oxygen atoms in total. The van der Waals surface area contributed by atoms with E-state index in [1.807, 2.05) is 20.2 Å². The van der Waals surface area contributed by atoms with Crippen LogP contribution >= 0.6 is 0 Å². The zero-order valence-corrected chi connectivity index (χ0v) is 13.5. The number of likely N-dealkylation sites (N-methyl/N-ethyl adjacent to an activating group) is 1. The molecule has 0 spiro atoms. The van der Waals surface area contributed by atoms with Gasteiger partial charge in [-0.15, -0.1) is 0 Å². The third-order valence-electron chi connectivity index (χ3n) is 3.13. The molecule has 118 valence electrons. The molecule has 0 amide bonds. The summed E-state index contributed by atoms with van der Waals surface area (Å²) in [6.07, 6.45) is 1.01. The second kappa shape index (κ2) is 7.83. The number of rotatable bonds is 8. The van der Waals surface area contributed by atoms with Gasteiger partial charge in [0.1, 0.15) is 0 Å². The van der Waals surface area contributed by atoms with Crippen LogP contribution in [-0.2, 0) is 0 Å². The molecule has 21 heavy (non-hydrogen) atoms. The Labute approximate surface area is 126 Å². The van der Waals surface area contributed by atoms with Crippen LogP contribution in [0.5, 0.6) is 0 Å². The average molecular weight is 294 g/mol. The Morgan fingerprint density at radius 3 is 2.33 bits per heavy atom. The van der Waals surface area contributed by atoms with Crippen LogP contribution in [0, 0.1) is 16.0 Å². The number of nitro groups is 1. The van der Waals surface area contributed by atoms with Gasteiger partial charge in [-0.3, -0.25) is 10.1 Å². The first-order chi connectivity index (χ1) is 9.81. The van der Waals surface area contributed by atoms with Gasteiger partial charge in [-0.05, 0) is 32.5 Å². The highest BCUT2D eigenvalue weighted by molar-refractivity contribution is 5.63. The zero-order valence-electron chi connectivity index (χ0n) is 13.5. The summed E-state index contributed by atoms with van der Waals surface area (Å²) < 4.78 is 0. The predicted octanol–water partition coefficient (Wildman–Crippen LogP) is 3.02. The summed E-state index contributed by atoms with van der Waals surface area (Å²) >= 11 is 0. The van der Waals surface area contributed by atoms with Gasteiger partial charge in [0.2, 0.25) is 0 Å². The first-order valence-electron chi connectivity index (χ1n) is 7.20. The van der Waals surface area contributed by atoms with Crippen molar-refractivity contribution in [1.29, 1.82) is 0 Å². The van der Waals surface area contributed by atoms with Gasteiger partial charge >= 0.3 is 0 Å². The van der Waals surface area contributed by atoms with E-state index in [1.165, 1.54) is 6.07 Å². The van der Waals surface area contributed by atoms with Crippen molar-refractivity contribution in [3.63, 3.8) is 0 Å². The first kappa shape index (κ1) is 17.2. The van der Waals surface area contributed by atoms with Gasteiger partial charge in [-0.25, -0.2) is 0 Å². The fourth-order valence-electron chi connectivity index (χ4n) is 2.37. The molecule has 0 saturated heterocycles. The quantitative estimate of drug-likeness (QED) is 0.569. The van der Waals surface area contributed by atoms with Crippen LogP contribution in [-0.4, -0.2) is 43.6 Å². The molecular weight excluding hydrogens is 268 g/mol. The van der Waals surface area contributed by atoms with Crippen LogP contribution in [0.1, 0.15) is 20.3 Å². The van der Waals surface area contributed by atoms with E-state index in [0.717, 1.165) is 24.3 Å². The molecule has 0 saturated carbocycles. The minimum absolute atomic E-state index is 0.0949. The first-order valence-corrected chi connectivity index (χ1v) is 7.20. The van der Waals surface area contributed by atoms with E-state index in [4.69, 9.17) is 0 Å². The Kier molecular flexibility index (Phi) is 6.42. The summed E-state index contributed by atoms with van der Waals surface area (Å²) in [6, 6.07) is 5.28. The second-order valence-electron chi connectivity index (χ2n) is 6.01. The van der Waals surface area contributed by atoms with Gasteiger partial charge in [0, 0.05) is 43.1 Å². The van der Waals surface area contributed by atoms with Crippen molar-refractivity contribution in [2.45, 2.75) is 26.3 Å². The Hall–Kier alpha value is -1.82. The largest absolute Gasteiger partial charge is 0.388 e. The molecule has 0 aromatic heterocycles. The molecule has 0 fully saturated rings. The van der Waals surface area contributed by atoms with Crippen molar-refractivity contribution in [1.82, 2.24) is 4.90 Å². The van der Waals surface area contributed by atoms with E-state index >= 15 is 0 Å². The van der Waals surface area contributed by atoms with Crippen molar-refractivity contribution in [2.75, 3.05) is 38.3 Å². The summed E-state index contributed by atoms with van der Waals surface area (Å²) in [7, 11) is 5.82. The fraction of sp³-hybridized carbons (Fsp3) is 0.600. The number of nitrogens with zero attached hydrogens (tertiary/aromatic N) is 2. The lowest BCUT2D eigenvalue weighted by molar-refractivity contribution is -0.384. The van der Waals surface area contributed by atoms with Gasteiger partial charge in [-0.2, -0.15) is 0 Å². The molecule has 1 rings (SSSR count). The third-order valence-corrected chi connectivity index (χ3v) is 3.13. The number of anilines is 2. The Morgan fingerprint density at radius 2 is 1.86 bits per heavy atom. The summed E-state index contributed by atoms with van der Waals surface area (Å²) in [5.41, 5.74) is 1.61. The third kappa shape index (κ3) is 5.99. The van der Waals surface area contributed by atoms with Gasteiger partial charge in [-0.1, -0.05) is 13.8 Å². The maximum absolute atomic E-state index is 11.0. The highest BCUT2D eigenvalue weighted by atomic mass is 16.6. The summed E-state index contributed by atoms with van der Waals surface area (Å²) in [6.45, 7) is 5.24. The standard InChI is InChI=1S/C15H26N4O2/c1-11(2)6-14(10-18(4)5)17-13-7-12(16-3)8-15(9-13)19(20)21/h7-9,11,14,16-17H,6,10H2,1-5H3. The molecule has 0 aliphatic rings. The van der Waals surface area contributed by atoms with Gasteiger partial charge in [0.15, 0.2) is 0 Å². The molecule has 0 radical (unpaired) electrons. The topological polar surface area (TPSA) is 70.4 Å². The summed E-state index contributed by atoms with van der Waals surface area (Å²) in [5, 5.41) is 17.4. The van der Waals surface area contributed by atoms with Crippen molar-refractivity contribution in [3.8, 4) is 0 Å². The molecule has 0 aliphatic heterocycles. The molecule has 1 aromatic rings. The van der Waals surface area contributed by atoms with E-state index in [-0.39, 0.29) is 16.7 Å². The highest BCUT2D eigenvalue weighted by Crippen LogP contribution is 2.25. The minimum Gasteiger partial charge on any atom is -0.388 e. The smallest absolute Gasteiger partial charge is 0.273 e. The number of benzene rings is 1.